The van der Waals surface area contributed by atoms with Gasteiger partial charge in [0, 0.05) is 24.7 Å². The van der Waals surface area contributed by atoms with E-state index in [9.17, 15) is 13.2 Å². The average Bonchev–Trinajstić information content (AvgIpc) is 3.09. The number of carbonyl (C=O) groups excluding carboxylic acids is 1. The Balaban J connectivity index is 1.60. The van der Waals surface area contributed by atoms with Gasteiger partial charge in [0.15, 0.2) is 0 Å². The highest BCUT2D eigenvalue weighted by Gasteiger charge is 2.24. The fraction of sp³-hybridized carbons (Fsp3) is 0.588. The van der Waals surface area contributed by atoms with E-state index in [4.69, 9.17) is 4.74 Å². The van der Waals surface area contributed by atoms with Crippen molar-refractivity contribution in [2.24, 2.45) is 0 Å². The SMILES string of the molecule is O=C(NC1CCCC1)c1ccc(CS(=O)(=O)N2CCOCC2)cc1. The van der Waals surface area contributed by atoms with Crippen molar-refractivity contribution >= 4 is 15.9 Å². The summed E-state index contributed by atoms with van der Waals surface area (Å²) < 4.78 is 31.5. The third kappa shape index (κ3) is 4.34. The smallest absolute Gasteiger partial charge is 0.251 e. The van der Waals surface area contributed by atoms with Crippen LogP contribution in [-0.4, -0.2) is 51.0 Å². The van der Waals surface area contributed by atoms with Crippen LogP contribution in [0.2, 0.25) is 0 Å². The highest BCUT2D eigenvalue weighted by atomic mass is 32.2. The molecule has 1 N–H and O–H groups in total. The van der Waals surface area contributed by atoms with Gasteiger partial charge in [-0.3, -0.25) is 4.79 Å². The van der Waals surface area contributed by atoms with Crippen LogP contribution in [0.3, 0.4) is 0 Å². The standard InChI is InChI=1S/C17H24N2O4S/c20-17(18-16-3-1-2-4-16)15-7-5-14(6-8-15)13-24(21,22)19-9-11-23-12-10-19/h5-8,16H,1-4,9-13H2,(H,18,20). The molecule has 24 heavy (non-hydrogen) atoms. The lowest BCUT2D eigenvalue weighted by Gasteiger charge is -2.26. The molecule has 1 aromatic rings. The zero-order valence-electron chi connectivity index (χ0n) is 13.7. The normalized spacial score (nSPS) is 20.2. The van der Waals surface area contributed by atoms with Crippen LogP contribution < -0.4 is 5.32 Å². The molecule has 2 fully saturated rings. The lowest BCUT2D eigenvalue weighted by Crippen LogP contribution is -2.41. The summed E-state index contributed by atoms with van der Waals surface area (Å²) in [5.41, 5.74) is 1.27. The lowest BCUT2D eigenvalue weighted by molar-refractivity contribution is 0.0729. The van der Waals surface area contributed by atoms with Crippen molar-refractivity contribution in [3.05, 3.63) is 35.4 Å². The second kappa shape index (κ2) is 7.63. The van der Waals surface area contributed by atoms with Crippen LogP contribution in [0.5, 0.6) is 0 Å². The highest BCUT2D eigenvalue weighted by Crippen LogP contribution is 2.18. The second-order valence-electron chi connectivity index (χ2n) is 6.42. The molecule has 6 nitrogen and oxygen atoms in total. The molecule has 1 amide bonds. The fourth-order valence-corrected chi connectivity index (χ4v) is 4.72. The minimum Gasteiger partial charge on any atom is -0.379 e. The Hall–Kier alpha value is -1.44. The van der Waals surface area contributed by atoms with Crippen molar-refractivity contribution in [1.82, 2.24) is 9.62 Å². The maximum atomic E-state index is 12.4. The van der Waals surface area contributed by atoms with Crippen LogP contribution in [0.4, 0.5) is 0 Å². The molecule has 0 spiro atoms. The van der Waals surface area contributed by atoms with Crippen molar-refractivity contribution < 1.29 is 17.9 Å². The predicted octanol–water partition coefficient (Wildman–Crippen LogP) is 1.52. The Labute approximate surface area is 143 Å². The Morgan fingerprint density at radius 2 is 1.75 bits per heavy atom. The van der Waals surface area contributed by atoms with Gasteiger partial charge in [-0.2, -0.15) is 4.31 Å². The molecule has 0 bridgehead atoms. The molecule has 7 heteroatoms. The van der Waals surface area contributed by atoms with Crippen LogP contribution >= 0.6 is 0 Å². The number of hydrogen-bond donors (Lipinski definition) is 1. The van der Waals surface area contributed by atoms with E-state index in [1.807, 2.05) is 0 Å². The molecule has 0 unspecified atom stereocenters. The summed E-state index contributed by atoms with van der Waals surface area (Å²) in [7, 11) is -3.34. The minimum atomic E-state index is -3.34. The van der Waals surface area contributed by atoms with Crippen molar-refractivity contribution in [3.63, 3.8) is 0 Å². The molecule has 3 rings (SSSR count). The van der Waals surface area contributed by atoms with E-state index in [-0.39, 0.29) is 17.7 Å². The molecule has 1 aliphatic heterocycles. The Morgan fingerprint density at radius 3 is 2.38 bits per heavy atom. The summed E-state index contributed by atoms with van der Waals surface area (Å²) in [6.45, 7) is 1.70. The van der Waals surface area contributed by atoms with E-state index >= 15 is 0 Å². The summed E-state index contributed by atoms with van der Waals surface area (Å²) >= 11 is 0. The second-order valence-corrected chi connectivity index (χ2v) is 8.39. The van der Waals surface area contributed by atoms with Gasteiger partial charge in [0.2, 0.25) is 10.0 Å². The van der Waals surface area contributed by atoms with Crippen LogP contribution in [-0.2, 0) is 20.5 Å². The Morgan fingerprint density at radius 1 is 1.12 bits per heavy atom. The Bertz CT molecular complexity index is 660. The topological polar surface area (TPSA) is 75.7 Å². The van der Waals surface area contributed by atoms with Gasteiger partial charge in [-0.25, -0.2) is 8.42 Å². The van der Waals surface area contributed by atoms with Crippen molar-refractivity contribution in [3.8, 4) is 0 Å². The van der Waals surface area contributed by atoms with Crippen molar-refractivity contribution in [2.75, 3.05) is 26.3 Å². The summed E-state index contributed by atoms with van der Waals surface area (Å²) in [4.78, 5) is 12.2. The molecule has 0 aromatic heterocycles. The molecule has 1 saturated heterocycles. The van der Waals surface area contributed by atoms with Gasteiger partial charge < -0.3 is 10.1 Å². The first-order chi connectivity index (χ1) is 11.5. The fourth-order valence-electron chi connectivity index (χ4n) is 3.22. The number of rotatable bonds is 5. The summed E-state index contributed by atoms with van der Waals surface area (Å²) in [5.74, 6) is -0.123. The highest BCUT2D eigenvalue weighted by molar-refractivity contribution is 7.88. The number of nitrogens with zero attached hydrogens (tertiary/aromatic N) is 1. The molecule has 1 heterocycles. The van der Waals surface area contributed by atoms with E-state index in [0.29, 0.717) is 37.4 Å². The van der Waals surface area contributed by atoms with Crippen LogP contribution in [0, 0.1) is 0 Å². The number of hydrogen-bond acceptors (Lipinski definition) is 4. The molecule has 1 aromatic carbocycles. The first-order valence-corrected chi connectivity index (χ1v) is 10.1. The van der Waals surface area contributed by atoms with E-state index in [2.05, 4.69) is 5.32 Å². The molecule has 132 valence electrons. The van der Waals surface area contributed by atoms with Crippen LogP contribution in [0.15, 0.2) is 24.3 Å². The number of sulfonamides is 1. The zero-order chi connectivity index (χ0) is 17.0. The molecule has 0 atom stereocenters. The van der Waals surface area contributed by atoms with E-state index < -0.39 is 10.0 Å². The predicted molar refractivity (Wildman–Crippen MR) is 91.2 cm³/mol. The van der Waals surface area contributed by atoms with Crippen molar-refractivity contribution in [2.45, 2.75) is 37.5 Å². The summed E-state index contributed by atoms with van der Waals surface area (Å²) in [6.07, 6.45) is 4.43. The van der Waals surface area contributed by atoms with Gasteiger partial charge in [-0.05, 0) is 30.5 Å². The van der Waals surface area contributed by atoms with Crippen LogP contribution in [0.25, 0.3) is 0 Å². The van der Waals surface area contributed by atoms with E-state index in [0.717, 1.165) is 12.8 Å². The number of carbonyl (C=O) groups is 1. The first kappa shape index (κ1) is 17.4. The largest absolute Gasteiger partial charge is 0.379 e. The number of nitrogens with one attached hydrogen (secondary N) is 1. The molecule has 1 aliphatic carbocycles. The maximum Gasteiger partial charge on any atom is 0.251 e. The van der Waals surface area contributed by atoms with E-state index in [1.54, 1.807) is 24.3 Å². The van der Waals surface area contributed by atoms with Gasteiger partial charge in [-0.15, -0.1) is 0 Å². The minimum absolute atomic E-state index is 0.0441. The van der Waals surface area contributed by atoms with Gasteiger partial charge in [0.25, 0.3) is 5.91 Å². The number of benzene rings is 1. The molecule has 1 saturated carbocycles. The molecular weight excluding hydrogens is 328 g/mol. The molecule has 0 radical (unpaired) electrons. The average molecular weight is 352 g/mol. The van der Waals surface area contributed by atoms with Crippen molar-refractivity contribution in [1.29, 1.82) is 0 Å². The van der Waals surface area contributed by atoms with E-state index in [1.165, 1.54) is 17.1 Å². The van der Waals surface area contributed by atoms with Crippen LogP contribution in [0.1, 0.15) is 41.6 Å². The molecule has 2 aliphatic rings. The first-order valence-electron chi connectivity index (χ1n) is 8.50. The number of ether oxygens (including phenoxy) is 1. The monoisotopic (exact) mass is 352 g/mol. The third-order valence-corrected chi connectivity index (χ3v) is 6.47. The van der Waals surface area contributed by atoms with Gasteiger partial charge in [0.1, 0.15) is 0 Å². The maximum absolute atomic E-state index is 12.4. The Kier molecular flexibility index (Phi) is 5.53. The zero-order valence-corrected chi connectivity index (χ0v) is 14.6. The van der Waals surface area contributed by atoms with Gasteiger partial charge >= 0.3 is 0 Å². The third-order valence-electron chi connectivity index (χ3n) is 4.62. The number of amides is 1. The number of morpholine rings is 1. The van der Waals surface area contributed by atoms with Gasteiger partial charge in [-0.1, -0.05) is 25.0 Å². The summed E-state index contributed by atoms with van der Waals surface area (Å²) in [5, 5.41) is 3.04. The molecular formula is C17H24N2O4S. The quantitative estimate of drug-likeness (QED) is 0.872. The van der Waals surface area contributed by atoms with Gasteiger partial charge in [0.05, 0.1) is 19.0 Å². The summed E-state index contributed by atoms with van der Waals surface area (Å²) in [6, 6.07) is 7.13. The lowest BCUT2D eigenvalue weighted by atomic mass is 10.1.